The van der Waals surface area contributed by atoms with Crippen molar-refractivity contribution in [1.82, 2.24) is 55.7 Å². The third kappa shape index (κ3) is 20.3. The number of rotatable bonds is 37. The number of carbonyl (C=O) groups is 7. The van der Waals surface area contributed by atoms with Crippen LogP contribution >= 0.6 is 0 Å². The van der Waals surface area contributed by atoms with E-state index in [2.05, 4.69) is 53.8 Å². The zero-order valence-electron chi connectivity index (χ0n) is 50.7. The minimum Gasteiger partial charge on any atom is -0.445 e. The Balaban J connectivity index is 0.757. The number of primary amides is 1. The molecule has 2 atom stereocenters. The van der Waals surface area contributed by atoms with Crippen molar-refractivity contribution in [3.63, 3.8) is 0 Å². The minimum atomic E-state index is -0.875. The number of ketones is 1. The Morgan fingerprint density at radius 1 is 0.711 bits per heavy atom. The number of fused-ring (bicyclic) bond motifs is 1. The van der Waals surface area contributed by atoms with Gasteiger partial charge in [0.15, 0.2) is 11.4 Å². The maximum atomic E-state index is 13.8. The molecule has 5 heterocycles. The van der Waals surface area contributed by atoms with Gasteiger partial charge in [0.2, 0.25) is 11.8 Å². The van der Waals surface area contributed by atoms with E-state index in [9.17, 15) is 33.6 Å². The van der Waals surface area contributed by atoms with E-state index in [1.165, 1.54) is 18.5 Å². The highest BCUT2D eigenvalue weighted by Gasteiger charge is 2.30. The van der Waals surface area contributed by atoms with E-state index in [-0.39, 0.29) is 95.4 Å². The zero-order chi connectivity index (χ0) is 63.6. The summed E-state index contributed by atoms with van der Waals surface area (Å²) in [5, 5.41) is 19.0. The number of pyridine rings is 2. The van der Waals surface area contributed by atoms with Crippen LogP contribution in [0.2, 0.25) is 0 Å². The number of carbonyl (C=O) groups excluding carboxylic acids is 7. The number of imidazole rings is 1. The third-order valence-electron chi connectivity index (χ3n) is 14.5. The van der Waals surface area contributed by atoms with Gasteiger partial charge in [-0.2, -0.15) is 5.10 Å². The van der Waals surface area contributed by atoms with Crippen molar-refractivity contribution in [2.24, 2.45) is 17.6 Å². The Bertz CT molecular complexity index is 3570. The second kappa shape index (κ2) is 34.3. The molecule has 0 unspecified atom stereocenters. The number of Topliss-reactive ketones (excluding diaryl/α,β-unsaturated/α-hetero) is 1. The lowest BCUT2D eigenvalue weighted by Gasteiger charge is -2.24. The van der Waals surface area contributed by atoms with Gasteiger partial charge in [-0.25, -0.2) is 24.1 Å². The standard InChI is InChI=1S/C65H77N13O12/c1-43(2)60(76-57(80)25-28-86-30-32-88-34-35-89-33-31-87-29-27-77-58(81)23-24-59(77)82)54(79)36-46(13-9-26-68-64(66)84)63(83)73-50-20-17-45(18-21-50)41-90-65(85)69-38-48-12-5-7-15-52(48)51-14-6-4-11-47(51)37-67-39-55-74-61(49-19-22-56-70-42-71-78(56)40-49)62(75-55)53-16-8-10-44(3)72-53/h4-8,10-12,14-24,40,42-43,46,60,67H,9,13,25-39,41H2,1-3H3,(H,69,85)(H,73,83)(H,74,75)(H,76,80)(H3,66,68,84)/t46-,60+/m1/s1. The van der Waals surface area contributed by atoms with E-state index in [0.29, 0.717) is 57.2 Å². The summed E-state index contributed by atoms with van der Waals surface area (Å²) in [5.41, 5.74) is 15.1. The van der Waals surface area contributed by atoms with Crippen molar-refractivity contribution in [1.29, 1.82) is 0 Å². The van der Waals surface area contributed by atoms with Crippen molar-refractivity contribution >= 4 is 52.9 Å². The number of ether oxygens (including phenoxy) is 5. The number of hydrogen-bond acceptors (Lipinski definition) is 17. The Hall–Kier alpha value is -9.53. The van der Waals surface area contributed by atoms with Crippen molar-refractivity contribution in [3.8, 4) is 33.8 Å². The van der Waals surface area contributed by atoms with E-state index in [4.69, 9.17) is 39.4 Å². The second-order valence-electron chi connectivity index (χ2n) is 21.5. The van der Waals surface area contributed by atoms with Crippen molar-refractivity contribution in [2.45, 2.75) is 78.7 Å². The van der Waals surface area contributed by atoms with Crippen molar-refractivity contribution < 1.29 is 57.2 Å². The molecule has 1 aliphatic rings. The first kappa shape index (κ1) is 66.4. The van der Waals surface area contributed by atoms with Crippen molar-refractivity contribution in [2.75, 3.05) is 71.3 Å². The number of benzene rings is 3. The van der Waals surface area contributed by atoms with Crippen LogP contribution in [0.25, 0.3) is 39.4 Å². The molecule has 0 bridgehead atoms. The Kier molecular flexibility index (Phi) is 25.3. The van der Waals surface area contributed by atoms with Gasteiger partial charge in [0.1, 0.15) is 18.8 Å². The van der Waals surface area contributed by atoms with Crippen LogP contribution in [0.1, 0.15) is 67.7 Å². The monoisotopic (exact) mass is 1230 g/mol. The third-order valence-corrected chi connectivity index (χ3v) is 14.5. The number of aromatic amines is 1. The van der Waals surface area contributed by atoms with Crippen LogP contribution in [0.5, 0.6) is 0 Å². The SMILES string of the molecule is Cc1cccc(-c2[nH]c(CNCc3ccccc3-c3ccccc3CNC(=O)OCc3ccc(NC(=O)[C@H](CCCNC(N)=O)CC(=O)[C@@H](NC(=O)CCOCCOCCOCCOCCN4C(=O)C=CC4=O)C(C)C)cc3)nc2-c2ccc3ncnn3c2)n1. The molecule has 8 rings (SSSR count). The summed E-state index contributed by atoms with van der Waals surface area (Å²) in [6.45, 7) is 9.07. The molecule has 0 fully saturated rings. The first-order chi connectivity index (χ1) is 43.7. The molecule has 0 saturated carbocycles. The molecule has 0 aliphatic carbocycles. The fourth-order valence-corrected chi connectivity index (χ4v) is 9.88. The van der Waals surface area contributed by atoms with Crippen LogP contribution < -0.4 is 32.3 Å². The summed E-state index contributed by atoms with van der Waals surface area (Å²) in [6, 6.07) is 30.9. The molecule has 0 saturated heterocycles. The smallest absolute Gasteiger partial charge is 0.407 e. The number of nitrogens with two attached hydrogens (primary N) is 1. The van der Waals surface area contributed by atoms with E-state index in [1.54, 1.807) is 42.6 Å². The predicted molar refractivity (Wildman–Crippen MR) is 334 cm³/mol. The van der Waals surface area contributed by atoms with Crippen LogP contribution in [-0.4, -0.2) is 148 Å². The Labute approximate surface area is 521 Å². The number of H-pyrrole nitrogens is 1. The maximum Gasteiger partial charge on any atom is 0.407 e. The van der Waals surface area contributed by atoms with Gasteiger partial charge in [0, 0.05) is 73.7 Å². The highest BCUT2D eigenvalue weighted by atomic mass is 16.6. The number of aryl methyl sites for hydroxylation is 1. The highest BCUT2D eigenvalue weighted by molar-refractivity contribution is 6.12. The summed E-state index contributed by atoms with van der Waals surface area (Å²) in [6.07, 6.45) is 5.65. The fraction of sp³-hybridized carbons (Fsp3) is 0.369. The number of urea groups is 1. The minimum absolute atomic E-state index is 0.00722. The molecule has 90 heavy (non-hydrogen) atoms. The summed E-state index contributed by atoms with van der Waals surface area (Å²) < 4.78 is 29.3. The summed E-state index contributed by atoms with van der Waals surface area (Å²) in [5.74, 6) is -2.22. The van der Waals surface area contributed by atoms with Crippen LogP contribution in [0.4, 0.5) is 15.3 Å². The first-order valence-corrected chi connectivity index (χ1v) is 29.9. The number of alkyl carbamates (subject to hydrolysis) is 1. The first-order valence-electron chi connectivity index (χ1n) is 29.9. The van der Waals surface area contributed by atoms with Crippen LogP contribution in [0.3, 0.4) is 0 Å². The topological polar surface area (TPSA) is 327 Å². The maximum absolute atomic E-state index is 13.8. The summed E-state index contributed by atoms with van der Waals surface area (Å²) in [4.78, 5) is 107. The highest BCUT2D eigenvalue weighted by Crippen LogP contribution is 2.31. The van der Waals surface area contributed by atoms with E-state index < -0.39 is 35.9 Å². The number of nitrogens with zero attached hydrogens (tertiary/aromatic N) is 6. The van der Waals surface area contributed by atoms with Gasteiger partial charge in [0.25, 0.3) is 11.8 Å². The lowest BCUT2D eigenvalue weighted by Crippen LogP contribution is -2.45. The largest absolute Gasteiger partial charge is 0.445 e. The number of nitrogens with one attached hydrogen (secondary N) is 6. The van der Waals surface area contributed by atoms with Gasteiger partial charge < -0.3 is 61.0 Å². The van der Waals surface area contributed by atoms with Gasteiger partial charge in [-0.3, -0.25) is 33.9 Å². The quantitative estimate of drug-likeness (QED) is 0.0165. The molecule has 7 aromatic rings. The average Bonchev–Trinajstić information content (AvgIpc) is 3.44. The molecule has 7 amide bonds. The predicted octanol–water partition coefficient (Wildman–Crippen LogP) is 6.36. The molecule has 25 nitrogen and oxygen atoms in total. The van der Waals surface area contributed by atoms with Crippen LogP contribution in [-0.2, 0) is 73.9 Å². The molecule has 4 aromatic heterocycles. The molecule has 25 heteroatoms. The summed E-state index contributed by atoms with van der Waals surface area (Å²) >= 11 is 0. The Morgan fingerprint density at radius 2 is 1.38 bits per heavy atom. The lowest BCUT2D eigenvalue weighted by atomic mass is 9.89. The lowest BCUT2D eigenvalue weighted by molar-refractivity contribution is -0.137. The van der Waals surface area contributed by atoms with Gasteiger partial charge >= 0.3 is 12.1 Å². The molecule has 8 N–H and O–H groups in total. The molecular weight excluding hydrogens is 1150 g/mol. The number of aromatic nitrogens is 6. The van der Waals surface area contributed by atoms with Gasteiger partial charge in [-0.1, -0.05) is 80.6 Å². The van der Waals surface area contributed by atoms with Crippen LogP contribution in [0.15, 0.2) is 128 Å². The number of imide groups is 1. The second-order valence-corrected chi connectivity index (χ2v) is 21.5. The Morgan fingerprint density at radius 3 is 2.06 bits per heavy atom. The molecular formula is C65H77N13O12. The average molecular weight is 1230 g/mol. The fourth-order valence-electron chi connectivity index (χ4n) is 9.88. The number of amides is 7. The normalized spacial score (nSPS) is 12.8. The molecule has 474 valence electrons. The summed E-state index contributed by atoms with van der Waals surface area (Å²) in [7, 11) is 0. The zero-order valence-corrected chi connectivity index (χ0v) is 50.7. The van der Waals surface area contributed by atoms with E-state index in [0.717, 1.165) is 67.0 Å². The van der Waals surface area contributed by atoms with E-state index in [1.807, 2.05) is 79.9 Å². The van der Waals surface area contributed by atoms with Crippen LogP contribution in [0, 0.1) is 18.8 Å². The molecule has 1 aliphatic heterocycles. The van der Waals surface area contributed by atoms with Gasteiger partial charge in [-0.05, 0) is 89.9 Å². The van der Waals surface area contributed by atoms with E-state index >= 15 is 0 Å². The molecule has 3 aromatic carbocycles. The molecule has 0 radical (unpaired) electrons. The van der Waals surface area contributed by atoms with Gasteiger partial charge in [-0.15, -0.1) is 0 Å². The van der Waals surface area contributed by atoms with Gasteiger partial charge in [0.05, 0.1) is 89.1 Å². The molecule has 0 spiro atoms. The number of hydrogen-bond donors (Lipinski definition) is 7. The van der Waals surface area contributed by atoms with Crippen molar-refractivity contribution in [3.05, 3.63) is 156 Å². The number of anilines is 1.